The Hall–Kier alpha value is -1.59. The number of amides is 1. The zero-order valence-corrected chi connectivity index (χ0v) is 11.9. The van der Waals surface area contributed by atoms with Gasteiger partial charge in [0.2, 0.25) is 0 Å². The van der Waals surface area contributed by atoms with Crippen LogP contribution < -0.4 is 0 Å². The molecule has 0 bridgehead atoms. The maximum absolute atomic E-state index is 11.9. The van der Waals surface area contributed by atoms with E-state index in [1.165, 1.54) is 11.8 Å². The molecule has 0 N–H and O–H groups in total. The zero-order valence-electron chi connectivity index (χ0n) is 11.9. The molecule has 0 aliphatic carbocycles. The molecule has 1 fully saturated rings. The van der Waals surface area contributed by atoms with Crippen molar-refractivity contribution in [1.29, 1.82) is 0 Å². The van der Waals surface area contributed by atoms with E-state index in [1.54, 1.807) is 20.8 Å². The van der Waals surface area contributed by atoms with Gasteiger partial charge in [-0.3, -0.25) is 9.59 Å². The molecular weight excluding hydrogens is 250 g/mol. The molecule has 6 heteroatoms. The number of piperidine rings is 1. The molecule has 0 aromatic heterocycles. The number of ether oxygens (including phenoxy) is 2. The monoisotopic (exact) mass is 271 g/mol. The van der Waals surface area contributed by atoms with Gasteiger partial charge < -0.3 is 14.4 Å². The molecule has 0 aromatic rings. The molecule has 1 aliphatic heterocycles. The first-order valence-electron chi connectivity index (χ1n) is 6.33. The highest BCUT2D eigenvalue weighted by Crippen LogP contribution is 2.17. The van der Waals surface area contributed by atoms with E-state index in [4.69, 9.17) is 9.47 Å². The number of Topliss-reactive ketones (excluding diaryl/α,β-unsaturated/α-hetero) is 1. The van der Waals surface area contributed by atoms with Gasteiger partial charge in [-0.1, -0.05) is 0 Å². The lowest BCUT2D eigenvalue weighted by Crippen LogP contribution is -2.47. The lowest BCUT2D eigenvalue weighted by Gasteiger charge is -2.33. The normalized spacial score (nSPS) is 20.1. The van der Waals surface area contributed by atoms with Crippen LogP contribution in [0.3, 0.4) is 0 Å². The van der Waals surface area contributed by atoms with Crippen molar-refractivity contribution >= 4 is 17.8 Å². The zero-order chi connectivity index (χ0) is 14.6. The van der Waals surface area contributed by atoms with Gasteiger partial charge in [0.05, 0.1) is 5.92 Å². The highest BCUT2D eigenvalue weighted by Gasteiger charge is 2.32. The number of ketones is 1. The van der Waals surface area contributed by atoms with Crippen LogP contribution in [0.5, 0.6) is 0 Å². The maximum Gasteiger partial charge on any atom is 0.410 e. The van der Waals surface area contributed by atoms with E-state index in [9.17, 15) is 14.4 Å². The van der Waals surface area contributed by atoms with Crippen molar-refractivity contribution in [2.45, 2.75) is 39.7 Å². The Morgan fingerprint density at radius 1 is 1.37 bits per heavy atom. The van der Waals surface area contributed by atoms with Crippen LogP contribution in [0, 0.1) is 5.92 Å². The summed E-state index contributed by atoms with van der Waals surface area (Å²) in [6.45, 7) is 7.26. The van der Waals surface area contributed by atoms with Gasteiger partial charge in [0, 0.05) is 26.4 Å². The van der Waals surface area contributed by atoms with Gasteiger partial charge in [-0.2, -0.15) is 0 Å². The van der Waals surface area contributed by atoms with Crippen LogP contribution >= 0.6 is 0 Å². The number of likely N-dealkylation sites (tertiary alicyclic amines) is 1. The summed E-state index contributed by atoms with van der Waals surface area (Å²) in [6.07, 6.45) is -0.168. The Labute approximate surface area is 113 Å². The first kappa shape index (κ1) is 15.5. The second-order valence-corrected chi connectivity index (χ2v) is 5.64. The molecule has 0 radical (unpaired) electrons. The van der Waals surface area contributed by atoms with Crippen molar-refractivity contribution < 1.29 is 23.9 Å². The van der Waals surface area contributed by atoms with Gasteiger partial charge in [-0.25, -0.2) is 4.79 Å². The highest BCUT2D eigenvalue weighted by molar-refractivity contribution is 5.84. The van der Waals surface area contributed by atoms with E-state index in [0.717, 1.165) is 0 Å². The Bertz CT molecular complexity index is 372. The van der Waals surface area contributed by atoms with Gasteiger partial charge in [0.25, 0.3) is 0 Å². The Kier molecular flexibility index (Phi) is 4.91. The minimum atomic E-state index is -0.566. The van der Waals surface area contributed by atoms with Crippen LogP contribution in [0.4, 0.5) is 4.79 Å². The van der Waals surface area contributed by atoms with E-state index in [1.807, 2.05) is 0 Å². The quantitative estimate of drug-likeness (QED) is 0.709. The molecule has 1 aliphatic rings. The predicted octanol–water partition coefficient (Wildman–Crippen LogP) is 1.38. The number of nitrogens with zero attached hydrogens (tertiary/aromatic N) is 1. The van der Waals surface area contributed by atoms with Crippen LogP contribution in [0.2, 0.25) is 0 Å². The molecule has 0 aromatic carbocycles. The third-order valence-electron chi connectivity index (χ3n) is 2.66. The summed E-state index contributed by atoms with van der Waals surface area (Å²) in [7, 11) is 0. The second kappa shape index (κ2) is 6.04. The van der Waals surface area contributed by atoms with Gasteiger partial charge in [0.15, 0.2) is 0 Å². The number of esters is 1. The molecule has 108 valence electrons. The molecule has 6 nitrogen and oxygen atoms in total. The topological polar surface area (TPSA) is 72.9 Å². The van der Waals surface area contributed by atoms with E-state index < -0.39 is 23.6 Å². The molecule has 19 heavy (non-hydrogen) atoms. The molecule has 1 saturated heterocycles. The van der Waals surface area contributed by atoms with Gasteiger partial charge in [-0.05, 0) is 20.8 Å². The van der Waals surface area contributed by atoms with Gasteiger partial charge in [0.1, 0.15) is 18.0 Å². The van der Waals surface area contributed by atoms with Crippen molar-refractivity contribution in [3.05, 3.63) is 0 Å². The molecule has 1 heterocycles. The average Bonchev–Trinajstić information content (AvgIpc) is 2.25. The second-order valence-electron chi connectivity index (χ2n) is 5.64. The minimum Gasteiger partial charge on any atom is -0.465 e. The Morgan fingerprint density at radius 2 is 2.00 bits per heavy atom. The smallest absolute Gasteiger partial charge is 0.410 e. The molecule has 0 spiro atoms. The summed E-state index contributed by atoms with van der Waals surface area (Å²) in [5, 5.41) is 0. The van der Waals surface area contributed by atoms with Crippen molar-refractivity contribution in [3.63, 3.8) is 0 Å². The van der Waals surface area contributed by atoms with Crippen molar-refractivity contribution in [2.24, 2.45) is 5.92 Å². The summed E-state index contributed by atoms with van der Waals surface area (Å²) in [5.41, 5.74) is -0.566. The Morgan fingerprint density at radius 3 is 2.53 bits per heavy atom. The predicted molar refractivity (Wildman–Crippen MR) is 67.6 cm³/mol. The van der Waals surface area contributed by atoms with Crippen molar-refractivity contribution in [2.75, 3.05) is 19.7 Å². The van der Waals surface area contributed by atoms with Gasteiger partial charge >= 0.3 is 12.1 Å². The van der Waals surface area contributed by atoms with E-state index in [2.05, 4.69) is 0 Å². The molecular formula is C13H21NO5. The van der Waals surface area contributed by atoms with Crippen LogP contribution in [-0.4, -0.2) is 48.0 Å². The van der Waals surface area contributed by atoms with Gasteiger partial charge in [-0.15, -0.1) is 0 Å². The number of carbonyl (C=O) groups excluding carboxylic acids is 3. The van der Waals surface area contributed by atoms with Crippen molar-refractivity contribution in [1.82, 2.24) is 4.90 Å². The third-order valence-corrected chi connectivity index (χ3v) is 2.66. The summed E-state index contributed by atoms with van der Waals surface area (Å²) in [5.74, 6) is -0.867. The maximum atomic E-state index is 11.9. The standard InChI is InChI=1S/C13H21NO5/c1-9(15)18-8-10-7-14(6-5-11(10)16)12(17)19-13(2,3)4/h10H,5-8H2,1-4H3. The fraction of sp³-hybridized carbons (Fsp3) is 0.769. The summed E-state index contributed by atoms with van der Waals surface area (Å²) < 4.78 is 10.1. The van der Waals surface area contributed by atoms with E-state index >= 15 is 0 Å². The summed E-state index contributed by atoms with van der Waals surface area (Å²) >= 11 is 0. The fourth-order valence-electron chi connectivity index (χ4n) is 1.76. The van der Waals surface area contributed by atoms with Crippen LogP contribution in [0.25, 0.3) is 0 Å². The largest absolute Gasteiger partial charge is 0.465 e. The Balaban J connectivity index is 2.56. The highest BCUT2D eigenvalue weighted by atomic mass is 16.6. The molecule has 0 saturated carbocycles. The van der Waals surface area contributed by atoms with Crippen molar-refractivity contribution in [3.8, 4) is 0 Å². The number of carbonyl (C=O) groups is 3. The first-order chi connectivity index (χ1) is 8.69. The minimum absolute atomic E-state index is 0.0149. The molecule has 1 amide bonds. The summed E-state index contributed by atoms with van der Waals surface area (Å²) in [6, 6.07) is 0. The van der Waals surface area contributed by atoms with E-state index in [0.29, 0.717) is 6.54 Å². The third kappa shape index (κ3) is 5.28. The van der Waals surface area contributed by atoms with Crippen LogP contribution in [0.1, 0.15) is 34.1 Å². The molecule has 1 unspecified atom stereocenters. The number of rotatable bonds is 2. The molecule has 1 atom stereocenters. The first-order valence-corrected chi connectivity index (χ1v) is 6.33. The number of hydrogen-bond donors (Lipinski definition) is 0. The van der Waals surface area contributed by atoms with Crippen LogP contribution in [-0.2, 0) is 19.1 Å². The lowest BCUT2D eigenvalue weighted by atomic mass is 9.98. The average molecular weight is 271 g/mol. The summed E-state index contributed by atoms with van der Waals surface area (Å²) in [4.78, 5) is 35.8. The SMILES string of the molecule is CC(=O)OCC1CN(C(=O)OC(C)(C)C)CCC1=O. The fourth-order valence-corrected chi connectivity index (χ4v) is 1.76. The van der Waals surface area contributed by atoms with E-state index in [-0.39, 0.29) is 25.4 Å². The lowest BCUT2D eigenvalue weighted by molar-refractivity contribution is -0.144. The van der Waals surface area contributed by atoms with Crippen LogP contribution in [0.15, 0.2) is 0 Å². The number of hydrogen-bond acceptors (Lipinski definition) is 5. The molecule has 1 rings (SSSR count).